The Kier molecular flexibility index (Phi) is 4.91. The van der Waals surface area contributed by atoms with Crippen molar-refractivity contribution < 1.29 is 0 Å². The van der Waals surface area contributed by atoms with E-state index in [0.29, 0.717) is 0 Å². The molecule has 1 unspecified atom stereocenters. The summed E-state index contributed by atoms with van der Waals surface area (Å²) in [5, 5.41) is 4.30. The first-order valence-electron chi connectivity index (χ1n) is 6.28. The zero-order valence-corrected chi connectivity index (χ0v) is 13.6. The molecule has 0 saturated carbocycles. The molecule has 2 rings (SSSR count). The van der Waals surface area contributed by atoms with Gasteiger partial charge in [0.25, 0.3) is 0 Å². The molecule has 1 atom stereocenters. The Hall–Kier alpha value is -0.540. The largest absolute Gasteiger partial charge is 0.306 e. The summed E-state index contributed by atoms with van der Waals surface area (Å²) in [5.41, 5.74) is 3.58. The van der Waals surface area contributed by atoms with Crippen LogP contribution < -0.4 is 5.32 Å². The summed E-state index contributed by atoms with van der Waals surface area (Å²) in [7, 11) is 0. The molecule has 2 aromatic rings. The van der Waals surface area contributed by atoms with E-state index >= 15 is 0 Å². The Morgan fingerprint density at radius 3 is 2.42 bits per heavy atom. The normalized spacial score (nSPS) is 12.7. The Labute approximate surface area is 128 Å². The minimum atomic E-state index is 0.179. The molecule has 1 nitrogen and oxygen atoms in total. The second kappa shape index (κ2) is 6.27. The molecule has 0 aliphatic rings. The van der Waals surface area contributed by atoms with Crippen molar-refractivity contribution in [3.63, 3.8) is 0 Å². The van der Waals surface area contributed by atoms with Gasteiger partial charge < -0.3 is 5.32 Å². The van der Waals surface area contributed by atoms with Gasteiger partial charge in [-0.05, 0) is 55.3 Å². The summed E-state index contributed by atoms with van der Waals surface area (Å²) in [6.45, 7) is 7.15. The van der Waals surface area contributed by atoms with Crippen LogP contribution in [0.5, 0.6) is 0 Å². The molecule has 1 aromatic heterocycles. The molecule has 0 aliphatic carbocycles. The molecule has 1 heterocycles. The number of rotatable bonds is 4. The van der Waals surface area contributed by atoms with E-state index in [4.69, 9.17) is 23.2 Å². The highest BCUT2D eigenvalue weighted by Crippen LogP contribution is 2.35. The first-order chi connectivity index (χ1) is 9.02. The molecule has 0 aliphatic heterocycles. The molecular formula is C15H17Cl2NS. The summed E-state index contributed by atoms with van der Waals surface area (Å²) in [6, 6.07) is 8.38. The molecule has 1 N–H and O–H groups in total. The van der Waals surface area contributed by atoms with E-state index in [1.165, 1.54) is 16.0 Å². The van der Waals surface area contributed by atoms with Gasteiger partial charge in [0.15, 0.2) is 0 Å². The van der Waals surface area contributed by atoms with Crippen LogP contribution in [0.15, 0.2) is 24.3 Å². The predicted octanol–water partition coefficient (Wildman–Crippen LogP) is 5.37. The number of aryl methyl sites for hydroxylation is 2. The number of benzene rings is 1. The molecule has 1 aromatic carbocycles. The van der Waals surface area contributed by atoms with E-state index in [1.54, 1.807) is 11.3 Å². The zero-order valence-electron chi connectivity index (χ0n) is 11.3. The van der Waals surface area contributed by atoms with E-state index < -0.39 is 0 Å². The molecule has 0 fully saturated rings. The molecule has 0 amide bonds. The predicted molar refractivity (Wildman–Crippen MR) is 85.8 cm³/mol. The number of hydrogen-bond donors (Lipinski definition) is 1. The SMILES string of the molecule is CCNC(c1cc(C)c(Cl)s1)c1ccc(Cl)cc1C. The third-order valence-corrected chi connectivity index (χ3v) is 4.97. The van der Waals surface area contributed by atoms with Crippen LogP contribution in [-0.2, 0) is 0 Å². The fraction of sp³-hybridized carbons (Fsp3) is 0.333. The van der Waals surface area contributed by atoms with Crippen molar-refractivity contribution in [3.05, 3.63) is 55.2 Å². The summed E-state index contributed by atoms with van der Waals surface area (Å²) < 4.78 is 0.865. The smallest absolute Gasteiger partial charge is 0.0961 e. The maximum absolute atomic E-state index is 6.20. The van der Waals surface area contributed by atoms with Crippen LogP contribution in [0.1, 0.15) is 34.5 Å². The van der Waals surface area contributed by atoms with Gasteiger partial charge in [-0.3, -0.25) is 0 Å². The molecule has 0 radical (unpaired) electrons. The fourth-order valence-corrected chi connectivity index (χ4v) is 3.70. The van der Waals surface area contributed by atoms with Gasteiger partial charge in [0, 0.05) is 9.90 Å². The van der Waals surface area contributed by atoms with Gasteiger partial charge in [0.05, 0.1) is 10.4 Å². The Morgan fingerprint density at radius 1 is 1.16 bits per heavy atom. The molecule has 102 valence electrons. The Morgan fingerprint density at radius 2 is 1.89 bits per heavy atom. The number of nitrogens with one attached hydrogen (secondary N) is 1. The third kappa shape index (κ3) is 3.32. The van der Waals surface area contributed by atoms with E-state index in [2.05, 4.69) is 31.3 Å². The molecule has 4 heteroatoms. The number of thiophene rings is 1. The molecule has 0 saturated heterocycles. The highest BCUT2D eigenvalue weighted by Gasteiger charge is 2.18. The van der Waals surface area contributed by atoms with Crippen LogP contribution in [-0.4, -0.2) is 6.54 Å². The van der Waals surface area contributed by atoms with Crippen molar-refractivity contribution in [2.75, 3.05) is 6.54 Å². The van der Waals surface area contributed by atoms with Gasteiger partial charge in [0.2, 0.25) is 0 Å². The monoisotopic (exact) mass is 313 g/mol. The first-order valence-corrected chi connectivity index (χ1v) is 7.85. The van der Waals surface area contributed by atoms with Crippen LogP contribution in [0.3, 0.4) is 0 Å². The second-order valence-corrected chi connectivity index (χ2v) is 6.72. The number of halogens is 2. The maximum atomic E-state index is 6.20. The van der Waals surface area contributed by atoms with Gasteiger partial charge in [-0.25, -0.2) is 0 Å². The summed E-state index contributed by atoms with van der Waals surface area (Å²) >= 11 is 13.9. The van der Waals surface area contributed by atoms with Gasteiger partial charge >= 0.3 is 0 Å². The van der Waals surface area contributed by atoms with Crippen LogP contribution in [0.4, 0.5) is 0 Å². The maximum Gasteiger partial charge on any atom is 0.0961 e. The lowest BCUT2D eigenvalue weighted by Crippen LogP contribution is -2.21. The summed E-state index contributed by atoms with van der Waals surface area (Å²) in [4.78, 5) is 1.25. The second-order valence-electron chi connectivity index (χ2n) is 4.60. The van der Waals surface area contributed by atoms with Crippen molar-refractivity contribution in [1.82, 2.24) is 5.32 Å². The average Bonchev–Trinajstić information content (AvgIpc) is 2.67. The van der Waals surface area contributed by atoms with E-state index in [-0.39, 0.29) is 6.04 Å². The Balaban J connectivity index is 2.44. The molecule has 19 heavy (non-hydrogen) atoms. The average molecular weight is 314 g/mol. The highest BCUT2D eigenvalue weighted by molar-refractivity contribution is 7.16. The fourth-order valence-electron chi connectivity index (χ4n) is 2.16. The summed E-state index contributed by atoms with van der Waals surface area (Å²) in [6.07, 6.45) is 0. The van der Waals surface area contributed by atoms with Gasteiger partial charge in [0.1, 0.15) is 0 Å². The topological polar surface area (TPSA) is 12.0 Å². The van der Waals surface area contributed by atoms with Gasteiger partial charge in [-0.1, -0.05) is 36.2 Å². The van der Waals surface area contributed by atoms with Crippen molar-refractivity contribution >= 4 is 34.5 Å². The molecule has 0 spiro atoms. The lowest BCUT2D eigenvalue weighted by molar-refractivity contribution is 0.636. The van der Waals surface area contributed by atoms with Crippen molar-refractivity contribution in [1.29, 1.82) is 0 Å². The molecular weight excluding hydrogens is 297 g/mol. The first kappa shape index (κ1) is 14.9. The van der Waals surface area contributed by atoms with Crippen LogP contribution in [0.25, 0.3) is 0 Å². The minimum Gasteiger partial charge on any atom is -0.306 e. The van der Waals surface area contributed by atoms with Crippen molar-refractivity contribution in [2.45, 2.75) is 26.8 Å². The quantitative estimate of drug-likeness (QED) is 0.800. The lowest BCUT2D eigenvalue weighted by Gasteiger charge is -2.19. The van der Waals surface area contributed by atoms with E-state index in [1.807, 2.05) is 19.1 Å². The van der Waals surface area contributed by atoms with Gasteiger partial charge in [-0.15, -0.1) is 11.3 Å². The van der Waals surface area contributed by atoms with Crippen LogP contribution >= 0.6 is 34.5 Å². The van der Waals surface area contributed by atoms with Crippen molar-refractivity contribution in [3.8, 4) is 0 Å². The lowest BCUT2D eigenvalue weighted by atomic mass is 9.99. The van der Waals surface area contributed by atoms with E-state index in [0.717, 1.165) is 21.5 Å². The minimum absolute atomic E-state index is 0.179. The highest BCUT2D eigenvalue weighted by atomic mass is 35.5. The van der Waals surface area contributed by atoms with Gasteiger partial charge in [-0.2, -0.15) is 0 Å². The standard InChI is InChI=1S/C15H17Cl2NS/c1-4-18-14(13-8-10(3)15(17)19-13)12-6-5-11(16)7-9(12)2/h5-8,14,18H,4H2,1-3H3. The number of hydrogen-bond acceptors (Lipinski definition) is 2. The van der Waals surface area contributed by atoms with Crippen molar-refractivity contribution in [2.24, 2.45) is 0 Å². The molecule has 0 bridgehead atoms. The van der Waals surface area contributed by atoms with Crippen LogP contribution in [0, 0.1) is 13.8 Å². The summed E-state index contributed by atoms with van der Waals surface area (Å²) in [5.74, 6) is 0. The van der Waals surface area contributed by atoms with E-state index in [9.17, 15) is 0 Å². The Bertz CT molecular complexity index is 558. The zero-order chi connectivity index (χ0) is 14.0. The van der Waals surface area contributed by atoms with Crippen LogP contribution in [0.2, 0.25) is 9.36 Å². The third-order valence-electron chi connectivity index (χ3n) is 3.11.